The maximum Gasteiger partial charge on any atom is 0.234 e. The second-order valence-electron chi connectivity index (χ2n) is 5.91. The van der Waals surface area contributed by atoms with E-state index in [1.54, 1.807) is 0 Å². The van der Waals surface area contributed by atoms with E-state index in [0.717, 1.165) is 19.4 Å². The molecule has 0 unspecified atom stereocenters. The predicted octanol–water partition coefficient (Wildman–Crippen LogP) is 3.13. The lowest BCUT2D eigenvalue weighted by Crippen LogP contribution is -2.41. The molecule has 0 aliphatic heterocycles. The molecule has 0 heterocycles. The predicted molar refractivity (Wildman–Crippen MR) is 88.0 cm³/mol. The van der Waals surface area contributed by atoms with Crippen molar-refractivity contribution in [1.29, 1.82) is 0 Å². The van der Waals surface area contributed by atoms with Crippen LogP contribution >= 0.6 is 0 Å². The summed E-state index contributed by atoms with van der Waals surface area (Å²) in [6.07, 6.45) is 8.23. The number of hydrogen-bond donors (Lipinski definition) is 2. The minimum Gasteiger partial charge on any atom is -0.352 e. The molecule has 1 aromatic carbocycles. The van der Waals surface area contributed by atoms with Gasteiger partial charge in [-0.1, -0.05) is 61.2 Å². The average molecular weight is 286 g/mol. The topological polar surface area (TPSA) is 41.1 Å². The molecule has 3 heteroatoms. The third-order valence-electron chi connectivity index (χ3n) is 3.87. The van der Waals surface area contributed by atoms with E-state index < -0.39 is 0 Å². The first-order valence-corrected chi connectivity index (χ1v) is 7.96. The molecule has 0 saturated heterocycles. The zero-order valence-corrected chi connectivity index (χ0v) is 12.9. The van der Waals surface area contributed by atoms with Crippen molar-refractivity contribution < 1.29 is 4.79 Å². The lowest BCUT2D eigenvalue weighted by atomic mass is 9.95. The molecule has 1 fully saturated rings. The number of nitrogens with one attached hydrogen (secondary N) is 2. The van der Waals surface area contributed by atoms with Gasteiger partial charge in [0.05, 0.1) is 6.54 Å². The molecule has 2 N–H and O–H groups in total. The van der Waals surface area contributed by atoms with E-state index in [2.05, 4.69) is 35.8 Å². The molecular weight excluding hydrogens is 260 g/mol. The maximum absolute atomic E-state index is 11.9. The van der Waals surface area contributed by atoms with Crippen molar-refractivity contribution in [2.24, 2.45) is 0 Å². The highest BCUT2D eigenvalue weighted by atomic mass is 16.1. The van der Waals surface area contributed by atoms with Gasteiger partial charge in [-0.25, -0.2) is 0 Å². The lowest BCUT2D eigenvalue weighted by molar-refractivity contribution is -0.121. The number of carbonyl (C=O) groups excluding carboxylic acids is 1. The van der Waals surface area contributed by atoms with E-state index in [4.69, 9.17) is 0 Å². The van der Waals surface area contributed by atoms with Crippen LogP contribution in [0.1, 0.15) is 44.6 Å². The molecule has 1 aromatic rings. The Balaban J connectivity index is 1.66. The molecule has 3 nitrogen and oxygen atoms in total. The van der Waals surface area contributed by atoms with Crippen molar-refractivity contribution >= 4 is 12.0 Å². The van der Waals surface area contributed by atoms with Crippen molar-refractivity contribution in [2.75, 3.05) is 13.1 Å². The number of rotatable bonds is 6. The van der Waals surface area contributed by atoms with Crippen LogP contribution < -0.4 is 10.6 Å². The van der Waals surface area contributed by atoms with Gasteiger partial charge in [-0.15, -0.1) is 0 Å². The smallest absolute Gasteiger partial charge is 0.234 e. The average Bonchev–Trinajstić information content (AvgIpc) is 2.49. The Kier molecular flexibility index (Phi) is 6.48. The first kappa shape index (κ1) is 15.8. The van der Waals surface area contributed by atoms with Gasteiger partial charge in [-0.2, -0.15) is 0 Å². The maximum atomic E-state index is 11.9. The second-order valence-corrected chi connectivity index (χ2v) is 5.91. The molecule has 1 saturated carbocycles. The summed E-state index contributed by atoms with van der Waals surface area (Å²) in [5.41, 5.74) is 2.43. The summed E-state index contributed by atoms with van der Waals surface area (Å²) in [5, 5.41) is 6.34. The van der Waals surface area contributed by atoms with Gasteiger partial charge in [-0.3, -0.25) is 4.79 Å². The Morgan fingerprint density at radius 1 is 1.14 bits per heavy atom. The lowest BCUT2D eigenvalue weighted by Gasteiger charge is -2.22. The molecule has 1 amide bonds. The van der Waals surface area contributed by atoms with Crippen LogP contribution in [0.4, 0.5) is 0 Å². The van der Waals surface area contributed by atoms with Crippen molar-refractivity contribution in [2.45, 2.75) is 45.1 Å². The fraction of sp³-hybridized carbons (Fsp3) is 0.500. The zero-order valence-electron chi connectivity index (χ0n) is 12.9. The molecule has 0 spiro atoms. The Morgan fingerprint density at radius 2 is 1.86 bits per heavy atom. The molecule has 1 aliphatic carbocycles. The molecular formula is C18H26N2O. The van der Waals surface area contributed by atoms with Crippen molar-refractivity contribution in [3.05, 3.63) is 41.5 Å². The van der Waals surface area contributed by atoms with Crippen molar-refractivity contribution in [3.8, 4) is 0 Å². The van der Waals surface area contributed by atoms with Crippen LogP contribution in [-0.2, 0) is 4.79 Å². The Labute approximate surface area is 127 Å². The quantitative estimate of drug-likeness (QED) is 0.843. The van der Waals surface area contributed by atoms with Crippen LogP contribution in [0.25, 0.3) is 6.08 Å². The van der Waals surface area contributed by atoms with E-state index in [-0.39, 0.29) is 5.91 Å². The van der Waals surface area contributed by atoms with E-state index in [1.807, 2.05) is 18.2 Å². The number of carbonyl (C=O) groups is 1. The van der Waals surface area contributed by atoms with Gasteiger partial charge < -0.3 is 10.6 Å². The molecule has 2 rings (SSSR count). The first-order chi connectivity index (χ1) is 10.2. The van der Waals surface area contributed by atoms with Gasteiger partial charge in [0.2, 0.25) is 5.91 Å². The van der Waals surface area contributed by atoms with Crippen molar-refractivity contribution in [3.63, 3.8) is 0 Å². The summed E-state index contributed by atoms with van der Waals surface area (Å²) in [5.74, 6) is 0.120. The molecule has 0 aromatic heterocycles. The van der Waals surface area contributed by atoms with E-state index >= 15 is 0 Å². The summed E-state index contributed by atoms with van der Waals surface area (Å²) in [4.78, 5) is 11.9. The number of benzene rings is 1. The summed E-state index contributed by atoms with van der Waals surface area (Å²) in [6, 6.07) is 10.6. The molecule has 114 valence electrons. The molecule has 0 bridgehead atoms. The first-order valence-electron chi connectivity index (χ1n) is 7.96. The highest BCUT2D eigenvalue weighted by Gasteiger charge is 2.14. The zero-order chi connectivity index (χ0) is 14.9. The van der Waals surface area contributed by atoms with Crippen LogP contribution in [0.3, 0.4) is 0 Å². The number of amides is 1. The normalized spacial score (nSPS) is 16.7. The molecule has 21 heavy (non-hydrogen) atoms. The highest BCUT2D eigenvalue weighted by molar-refractivity contribution is 5.78. The fourth-order valence-electron chi connectivity index (χ4n) is 2.78. The van der Waals surface area contributed by atoms with Crippen LogP contribution in [0.2, 0.25) is 0 Å². The molecule has 0 radical (unpaired) electrons. The second kappa shape index (κ2) is 8.63. The summed E-state index contributed by atoms with van der Waals surface area (Å²) in [7, 11) is 0. The summed E-state index contributed by atoms with van der Waals surface area (Å²) >= 11 is 0. The Hall–Kier alpha value is -1.61. The minimum absolute atomic E-state index is 0.120. The van der Waals surface area contributed by atoms with E-state index in [0.29, 0.717) is 12.6 Å². The molecule has 0 atom stereocenters. The van der Waals surface area contributed by atoms with Crippen molar-refractivity contribution in [1.82, 2.24) is 10.6 Å². The Bertz CT molecular complexity index is 461. The van der Waals surface area contributed by atoms with Gasteiger partial charge in [0.25, 0.3) is 0 Å². The van der Waals surface area contributed by atoms with Gasteiger partial charge >= 0.3 is 0 Å². The fourth-order valence-corrected chi connectivity index (χ4v) is 2.78. The van der Waals surface area contributed by atoms with Crippen LogP contribution in [-0.4, -0.2) is 25.0 Å². The minimum atomic E-state index is 0.120. The Morgan fingerprint density at radius 3 is 2.57 bits per heavy atom. The summed E-state index contributed by atoms with van der Waals surface area (Å²) < 4.78 is 0. The largest absolute Gasteiger partial charge is 0.352 e. The van der Waals surface area contributed by atoms with Gasteiger partial charge in [-0.05, 0) is 25.3 Å². The van der Waals surface area contributed by atoms with E-state index in [9.17, 15) is 4.79 Å². The van der Waals surface area contributed by atoms with Gasteiger partial charge in [0, 0.05) is 12.6 Å². The van der Waals surface area contributed by atoms with Crippen LogP contribution in [0, 0.1) is 0 Å². The standard InChI is InChI=1S/C18H26N2O/c1-15(12-16-8-4-2-5-9-16)13-19-14-18(21)20-17-10-6-3-7-11-17/h2,4-5,8-9,12,17,19H,3,6-7,10-11,13-14H2,1H3,(H,20,21)/b15-12-. The van der Waals surface area contributed by atoms with E-state index in [1.165, 1.54) is 30.4 Å². The SMILES string of the molecule is C/C(=C/c1ccccc1)CNCC(=O)NC1CCCCC1. The van der Waals surface area contributed by atoms with Gasteiger partial charge in [0.15, 0.2) is 0 Å². The van der Waals surface area contributed by atoms with Crippen LogP contribution in [0.15, 0.2) is 35.9 Å². The van der Waals surface area contributed by atoms with Gasteiger partial charge in [0.1, 0.15) is 0 Å². The third kappa shape index (κ3) is 6.13. The molecule has 1 aliphatic rings. The summed E-state index contributed by atoms with van der Waals surface area (Å²) in [6.45, 7) is 3.22. The highest BCUT2D eigenvalue weighted by Crippen LogP contribution is 2.17. The monoisotopic (exact) mass is 286 g/mol. The van der Waals surface area contributed by atoms with Crippen LogP contribution in [0.5, 0.6) is 0 Å². The third-order valence-corrected chi connectivity index (χ3v) is 3.87. The number of hydrogen-bond acceptors (Lipinski definition) is 2.